The molecule has 3 aromatic heterocycles. The number of hydrogen-bond donors (Lipinski definition) is 0. The Kier molecular flexibility index (Phi) is 4.32. The Hall–Kier alpha value is -2.58. The molecule has 3 heterocycles. The third-order valence-electron chi connectivity index (χ3n) is 4.77. The monoisotopic (exact) mass is 398 g/mol. The van der Waals surface area contributed by atoms with E-state index in [1.807, 2.05) is 38.1 Å². The van der Waals surface area contributed by atoms with Gasteiger partial charge in [0.2, 0.25) is 0 Å². The van der Waals surface area contributed by atoms with Gasteiger partial charge in [-0.15, -0.1) is 22.7 Å². The van der Waals surface area contributed by atoms with Crippen LogP contribution in [0.1, 0.15) is 33.2 Å². The smallest absolute Gasteiger partial charge is 0.264 e. The number of thiophene rings is 1. The maximum Gasteiger partial charge on any atom is 0.264 e. The topological polar surface area (TPSA) is 68.1 Å². The minimum absolute atomic E-state index is 0.121. The van der Waals surface area contributed by atoms with Crippen LogP contribution in [-0.2, 0) is 7.05 Å². The first-order valence-corrected chi connectivity index (χ1v) is 10.1. The second kappa shape index (κ2) is 6.54. The largest absolute Gasteiger partial charge is 0.332 e. The number of amides is 1. The molecular formula is C19H18N4O2S2. The summed E-state index contributed by atoms with van der Waals surface area (Å²) >= 11 is 2.86. The van der Waals surface area contributed by atoms with Gasteiger partial charge in [-0.05, 0) is 31.5 Å². The van der Waals surface area contributed by atoms with Crippen molar-refractivity contribution in [2.45, 2.75) is 19.9 Å². The number of thiazole rings is 1. The number of fused-ring (bicyclic) bond motifs is 2. The van der Waals surface area contributed by atoms with E-state index in [0.29, 0.717) is 20.7 Å². The molecule has 6 nitrogen and oxygen atoms in total. The molecule has 4 aromatic rings. The SMILES string of the molecule is Cc1c(C(=O)N(C)C(C)c2nc3ccccc3s2)sc2ncn(C)c(=O)c12. The molecule has 1 amide bonds. The van der Waals surface area contributed by atoms with Crippen LogP contribution in [0.2, 0.25) is 0 Å². The molecule has 138 valence electrons. The molecule has 0 spiro atoms. The summed E-state index contributed by atoms with van der Waals surface area (Å²) in [6.45, 7) is 3.78. The van der Waals surface area contributed by atoms with Crippen molar-refractivity contribution >= 4 is 49.0 Å². The number of carbonyl (C=O) groups is 1. The van der Waals surface area contributed by atoms with Crippen molar-refractivity contribution < 1.29 is 4.79 Å². The lowest BCUT2D eigenvalue weighted by molar-refractivity contribution is 0.0747. The van der Waals surface area contributed by atoms with Crippen LogP contribution in [0.4, 0.5) is 0 Å². The van der Waals surface area contributed by atoms with E-state index in [1.54, 1.807) is 30.3 Å². The standard InChI is InChI=1S/C19H18N4O2S2/c1-10-14-17(20-9-22(3)18(14)24)27-15(10)19(25)23(4)11(2)16-21-12-7-5-6-8-13(12)26-16/h5-9,11H,1-4H3. The van der Waals surface area contributed by atoms with Crippen LogP contribution >= 0.6 is 22.7 Å². The Balaban J connectivity index is 1.71. The summed E-state index contributed by atoms with van der Waals surface area (Å²) < 4.78 is 2.54. The number of para-hydroxylation sites is 1. The third-order valence-corrected chi connectivity index (χ3v) is 7.17. The third kappa shape index (κ3) is 2.85. The quantitative estimate of drug-likeness (QED) is 0.527. The van der Waals surface area contributed by atoms with E-state index in [2.05, 4.69) is 9.97 Å². The molecule has 0 aliphatic carbocycles. The lowest BCUT2D eigenvalue weighted by Crippen LogP contribution is -2.29. The average molecular weight is 399 g/mol. The minimum atomic E-state index is -0.171. The maximum absolute atomic E-state index is 13.1. The first-order chi connectivity index (χ1) is 12.9. The summed E-state index contributed by atoms with van der Waals surface area (Å²) in [7, 11) is 3.43. The number of nitrogens with zero attached hydrogens (tertiary/aromatic N) is 4. The number of aromatic nitrogens is 3. The number of aryl methyl sites for hydroxylation is 2. The Labute approximate surface area is 163 Å². The van der Waals surface area contributed by atoms with Crippen molar-refractivity contribution in [2.24, 2.45) is 7.05 Å². The molecule has 1 aromatic carbocycles. The highest BCUT2D eigenvalue weighted by Crippen LogP contribution is 2.32. The van der Waals surface area contributed by atoms with Gasteiger partial charge in [0.25, 0.3) is 11.5 Å². The van der Waals surface area contributed by atoms with Gasteiger partial charge in [0.15, 0.2) is 0 Å². The van der Waals surface area contributed by atoms with Gasteiger partial charge in [0.05, 0.1) is 32.8 Å². The van der Waals surface area contributed by atoms with Gasteiger partial charge in [-0.1, -0.05) is 12.1 Å². The van der Waals surface area contributed by atoms with E-state index in [1.165, 1.54) is 22.2 Å². The van der Waals surface area contributed by atoms with E-state index in [9.17, 15) is 9.59 Å². The van der Waals surface area contributed by atoms with E-state index in [-0.39, 0.29) is 17.5 Å². The molecule has 0 aliphatic heterocycles. The van der Waals surface area contributed by atoms with Gasteiger partial charge < -0.3 is 9.47 Å². The maximum atomic E-state index is 13.1. The molecule has 0 saturated carbocycles. The minimum Gasteiger partial charge on any atom is -0.332 e. The average Bonchev–Trinajstić information content (AvgIpc) is 3.24. The first kappa shape index (κ1) is 17.8. The van der Waals surface area contributed by atoms with Crippen LogP contribution in [0.3, 0.4) is 0 Å². The van der Waals surface area contributed by atoms with Crippen LogP contribution in [0.25, 0.3) is 20.4 Å². The Morgan fingerprint density at radius 3 is 2.74 bits per heavy atom. The van der Waals surface area contributed by atoms with Crippen molar-refractivity contribution in [3.8, 4) is 0 Å². The Morgan fingerprint density at radius 2 is 2.00 bits per heavy atom. The molecule has 0 bridgehead atoms. The van der Waals surface area contributed by atoms with E-state index in [0.717, 1.165) is 15.2 Å². The van der Waals surface area contributed by atoms with Crippen molar-refractivity contribution in [1.29, 1.82) is 0 Å². The summed E-state index contributed by atoms with van der Waals surface area (Å²) in [4.78, 5) is 37.3. The van der Waals surface area contributed by atoms with Crippen LogP contribution in [0.5, 0.6) is 0 Å². The zero-order chi connectivity index (χ0) is 19.3. The summed E-state index contributed by atoms with van der Waals surface area (Å²) in [5, 5.41) is 1.41. The van der Waals surface area contributed by atoms with Crippen molar-refractivity contribution in [1.82, 2.24) is 19.4 Å². The van der Waals surface area contributed by atoms with Gasteiger partial charge in [-0.25, -0.2) is 9.97 Å². The van der Waals surface area contributed by atoms with Crippen molar-refractivity contribution in [2.75, 3.05) is 7.05 Å². The fourth-order valence-corrected chi connectivity index (χ4v) is 5.17. The lowest BCUT2D eigenvalue weighted by Gasteiger charge is -2.23. The Morgan fingerprint density at radius 1 is 1.26 bits per heavy atom. The van der Waals surface area contributed by atoms with Gasteiger partial charge in [-0.3, -0.25) is 9.59 Å². The Bertz CT molecular complexity index is 1200. The molecule has 0 N–H and O–H groups in total. The van der Waals surface area contributed by atoms with Crippen LogP contribution < -0.4 is 5.56 Å². The summed E-state index contributed by atoms with van der Waals surface area (Å²) in [6.07, 6.45) is 1.49. The number of carbonyl (C=O) groups excluding carboxylic acids is 1. The molecule has 0 fully saturated rings. The molecule has 27 heavy (non-hydrogen) atoms. The number of benzene rings is 1. The molecule has 4 rings (SSSR count). The van der Waals surface area contributed by atoms with Gasteiger partial charge >= 0.3 is 0 Å². The van der Waals surface area contributed by atoms with Gasteiger partial charge in [0.1, 0.15) is 9.84 Å². The van der Waals surface area contributed by atoms with Gasteiger partial charge in [-0.2, -0.15) is 0 Å². The highest BCUT2D eigenvalue weighted by Gasteiger charge is 2.26. The molecule has 0 aliphatic rings. The van der Waals surface area contributed by atoms with E-state index < -0.39 is 0 Å². The second-order valence-electron chi connectivity index (χ2n) is 6.51. The normalized spacial score (nSPS) is 12.6. The predicted molar refractivity (Wildman–Crippen MR) is 110 cm³/mol. The molecule has 0 saturated heterocycles. The highest BCUT2D eigenvalue weighted by molar-refractivity contribution is 7.20. The second-order valence-corrected chi connectivity index (χ2v) is 8.57. The van der Waals surface area contributed by atoms with E-state index in [4.69, 9.17) is 0 Å². The van der Waals surface area contributed by atoms with Crippen LogP contribution in [0.15, 0.2) is 35.4 Å². The molecule has 1 unspecified atom stereocenters. The summed E-state index contributed by atoms with van der Waals surface area (Å²) in [5.41, 5.74) is 1.50. The lowest BCUT2D eigenvalue weighted by atomic mass is 10.2. The fraction of sp³-hybridized carbons (Fsp3) is 0.263. The number of hydrogen-bond acceptors (Lipinski definition) is 6. The highest BCUT2D eigenvalue weighted by atomic mass is 32.1. The first-order valence-electron chi connectivity index (χ1n) is 8.46. The molecule has 1 atom stereocenters. The predicted octanol–water partition coefficient (Wildman–Crippen LogP) is 3.75. The van der Waals surface area contributed by atoms with Crippen molar-refractivity contribution in [3.05, 3.63) is 56.4 Å². The zero-order valence-corrected chi connectivity index (χ0v) is 17.0. The fourth-order valence-electron chi connectivity index (χ4n) is 2.98. The number of rotatable bonds is 3. The molecule has 0 radical (unpaired) electrons. The van der Waals surface area contributed by atoms with E-state index >= 15 is 0 Å². The molecule has 8 heteroatoms. The van der Waals surface area contributed by atoms with Crippen LogP contribution in [-0.4, -0.2) is 32.4 Å². The van der Waals surface area contributed by atoms with Gasteiger partial charge in [0, 0.05) is 14.1 Å². The summed E-state index contributed by atoms with van der Waals surface area (Å²) in [5.74, 6) is -0.121. The zero-order valence-electron chi connectivity index (χ0n) is 15.4. The van der Waals surface area contributed by atoms with Crippen molar-refractivity contribution in [3.63, 3.8) is 0 Å². The molecular weight excluding hydrogens is 380 g/mol. The summed E-state index contributed by atoms with van der Waals surface area (Å²) in [6, 6.07) is 7.77. The van der Waals surface area contributed by atoms with Crippen LogP contribution in [0, 0.1) is 6.92 Å².